The van der Waals surface area contributed by atoms with Crippen molar-refractivity contribution >= 4 is 29.9 Å². The number of nitrogens with zero attached hydrogens (tertiary/aromatic N) is 1. The van der Waals surface area contributed by atoms with E-state index in [1.807, 2.05) is 37.3 Å². The Morgan fingerprint density at radius 2 is 1.76 bits per heavy atom. The second-order valence-electron chi connectivity index (χ2n) is 7.25. The second-order valence-corrected chi connectivity index (χ2v) is 8.67. The SMILES string of the molecule is C[C@@H](Sc1ccccc1)C(=O)N/N=C\c1ccc(OCC(=O)OC(C)(C)C)cc1. The maximum absolute atomic E-state index is 12.1. The van der Waals surface area contributed by atoms with Gasteiger partial charge in [-0.15, -0.1) is 11.8 Å². The largest absolute Gasteiger partial charge is 0.482 e. The molecule has 0 aliphatic rings. The van der Waals surface area contributed by atoms with Crippen LogP contribution in [0.3, 0.4) is 0 Å². The van der Waals surface area contributed by atoms with Crippen LogP contribution in [0, 0.1) is 0 Å². The first kappa shape index (κ1) is 22.5. The van der Waals surface area contributed by atoms with Crippen LogP contribution >= 0.6 is 11.8 Å². The van der Waals surface area contributed by atoms with Crippen molar-refractivity contribution in [1.29, 1.82) is 0 Å². The van der Waals surface area contributed by atoms with Crippen molar-refractivity contribution in [3.8, 4) is 5.75 Å². The van der Waals surface area contributed by atoms with Crippen molar-refractivity contribution in [2.45, 2.75) is 43.4 Å². The van der Waals surface area contributed by atoms with Gasteiger partial charge in [-0.25, -0.2) is 10.2 Å². The lowest BCUT2D eigenvalue weighted by molar-refractivity contribution is -0.157. The van der Waals surface area contributed by atoms with Gasteiger partial charge < -0.3 is 9.47 Å². The maximum atomic E-state index is 12.1. The number of carbonyl (C=O) groups is 2. The van der Waals surface area contributed by atoms with Crippen molar-refractivity contribution in [3.63, 3.8) is 0 Å². The smallest absolute Gasteiger partial charge is 0.344 e. The minimum absolute atomic E-state index is 0.155. The average molecular weight is 415 g/mol. The Bertz CT molecular complexity index is 830. The number of hydrazone groups is 1. The Morgan fingerprint density at radius 1 is 1.10 bits per heavy atom. The molecule has 7 heteroatoms. The Balaban J connectivity index is 1.77. The predicted octanol–water partition coefficient (Wildman–Crippen LogP) is 4.04. The lowest BCUT2D eigenvalue weighted by atomic mass is 10.2. The third-order valence-corrected chi connectivity index (χ3v) is 4.58. The van der Waals surface area contributed by atoms with E-state index in [0.717, 1.165) is 10.5 Å². The molecular formula is C22H26N2O4S. The van der Waals surface area contributed by atoms with E-state index in [0.29, 0.717) is 5.75 Å². The van der Waals surface area contributed by atoms with E-state index in [2.05, 4.69) is 10.5 Å². The van der Waals surface area contributed by atoms with Gasteiger partial charge in [0.2, 0.25) is 0 Å². The van der Waals surface area contributed by atoms with Crippen molar-refractivity contribution in [2.24, 2.45) is 5.10 Å². The summed E-state index contributed by atoms with van der Waals surface area (Å²) in [5, 5.41) is 3.73. The molecule has 2 aromatic carbocycles. The summed E-state index contributed by atoms with van der Waals surface area (Å²) in [5.74, 6) is -0.0503. The minimum atomic E-state index is -0.539. The van der Waals surface area contributed by atoms with Gasteiger partial charge in [0.1, 0.15) is 11.4 Å². The first-order chi connectivity index (χ1) is 13.7. The van der Waals surface area contributed by atoms with E-state index in [-0.39, 0.29) is 17.8 Å². The lowest BCUT2D eigenvalue weighted by Gasteiger charge is -2.19. The highest BCUT2D eigenvalue weighted by atomic mass is 32.2. The minimum Gasteiger partial charge on any atom is -0.482 e. The molecular weight excluding hydrogens is 388 g/mol. The zero-order valence-corrected chi connectivity index (χ0v) is 17.9. The van der Waals surface area contributed by atoms with Crippen LogP contribution in [-0.2, 0) is 14.3 Å². The lowest BCUT2D eigenvalue weighted by Crippen LogP contribution is -2.27. The number of ether oxygens (including phenoxy) is 2. The fourth-order valence-electron chi connectivity index (χ4n) is 2.18. The van der Waals surface area contributed by atoms with Crippen LogP contribution in [-0.4, -0.2) is 35.5 Å². The summed E-state index contributed by atoms with van der Waals surface area (Å²) in [6, 6.07) is 16.7. The fourth-order valence-corrected chi connectivity index (χ4v) is 3.06. The van der Waals surface area contributed by atoms with Crippen molar-refractivity contribution < 1.29 is 19.1 Å². The summed E-state index contributed by atoms with van der Waals surface area (Å²) in [5.41, 5.74) is 2.80. The van der Waals surface area contributed by atoms with Gasteiger partial charge in [-0.05, 0) is 69.7 Å². The number of rotatable bonds is 8. The van der Waals surface area contributed by atoms with Gasteiger partial charge in [0.25, 0.3) is 5.91 Å². The number of amides is 1. The van der Waals surface area contributed by atoms with E-state index in [1.54, 1.807) is 51.3 Å². The molecule has 0 aromatic heterocycles. The molecule has 0 saturated carbocycles. The maximum Gasteiger partial charge on any atom is 0.344 e. The van der Waals surface area contributed by atoms with Gasteiger partial charge in [-0.1, -0.05) is 18.2 Å². The first-order valence-corrected chi connectivity index (χ1v) is 10.1. The van der Waals surface area contributed by atoms with Gasteiger partial charge in [0, 0.05) is 4.90 Å². The average Bonchev–Trinajstić information content (AvgIpc) is 2.66. The Labute approximate surface area is 175 Å². The van der Waals surface area contributed by atoms with E-state index in [4.69, 9.17) is 9.47 Å². The van der Waals surface area contributed by atoms with E-state index in [1.165, 1.54) is 11.8 Å². The number of hydrogen-bond acceptors (Lipinski definition) is 6. The topological polar surface area (TPSA) is 77.0 Å². The molecule has 0 radical (unpaired) electrons. The molecule has 0 aliphatic heterocycles. The summed E-state index contributed by atoms with van der Waals surface area (Å²) >= 11 is 1.47. The molecule has 6 nitrogen and oxygen atoms in total. The number of hydrogen-bond donors (Lipinski definition) is 1. The molecule has 29 heavy (non-hydrogen) atoms. The number of thioether (sulfide) groups is 1. The zero-order chi connectivity index (χ0) is 21.3. The molecule has 1 N–H and O–H groups in total. The molecule has 0 heterocycles. The number of benzene rings is 2. The summed E-state index contributed by atoms with van der Waals surface area (Å²) in [6.07, 6.45) is 1.55. The third kappa shape index (κ3) is 8.83. The molecule has 1 atom stereocenters. The highest BCUT2D eigenvalue weighted by Crippen LogP contribution is 2.22. The van der Waals surface area contributed by atoms with Gasteiger partial charge in [0.15, 0.2) is 6.61 Å². The molecule has 0 unspecified atom stereocenters. The quantitative estimate of drug-likeness (QED) is 0.305. The monoisotopic (exact) mass is 414 g/mol. The second kappa shape index (κ2) is 10.7. The van der Waals surface area contributed by atoms with E-state index >= 15 is 0 Å². The molecule has 2 rings (SSSR count). The molecule has 0 bridgehead atoms. The van der Waals surface area contributed by atoms with Crippen LogP contribution in [0.2, 0.25) is 0 Å². The molecule has 0 aliphatic carbocycles. The highest BCUT2D eigenvalue weighted by Gasteiger charge is 2.16. The normalized spacial score (nSPS) is 12.4. The van der Waals surface area contributed by atoms with Gasteiger partial charge in [0.05, 0.1) is 11.5 Å². The highest BCUT2D eigenvalue weighted by molar-refractivity contribution is 8.00. The predicted molar refractivity (Wildman–Crippen MR) is 115 cm³/mol. The summed E-state index contributed by atoms with van der Waals surface area (Å²) < 4.78 is 10.6. The molecule has 0 saturated heterocycles. The standard InChI is InChI=1S/C22H26N2O4S/c1-16(29-19-8-6-5-7-9-19)21(26)24-23-14-17-10-12-18(13-11-17)27-15-20(25)28-22(2,3)4/h5-14,16H,15H2,1-4H3,(H,24,26)/b23-14-/t16-/m1/s1. The Morgan fingerprint density at radius 3 is 2.38 bits per heavy atom. The van der Waals surface area contributed by atoms with Crippen LogP contribution in [0.5, 0.6) is 5.75 Å². The Kier molecular flexibility index (Phi) is 8.27. The van der Waals surface area contributed by atoms with Crippen molar-refractivity contribution in [1.82, 2.24) is 5.43 Å². The number of nitrogens with one attached hydrogen (secondary N) is 1. The molecule has 2 aromatic rings. The van der Waals surface area contributed by atoms with Crippen LogP contribution < -0.4 is 10.2 Å². The van der Waals surface area contributed by atoms with Gasteiger partial charge >= 0.3 is 5.97 Å². The number of esters is 1. The Hall–Kier alpha value is -2.80. The van der Waals surface area contributed by atoms with Crippen molar-refractivity contribution in [3.05, 3.63) is 60.2 Å². The molecule has 154 valence electrons. The van der Waals surface area contributed by atoms with Gasteiger partial charge in [-0.3, -0.25) is 4.79 Å². The first-order valence-electron chi connectivity index (χ1n) is 9.22. The van der Waals surface area contributed by atoms with E-state index < -0.39 is 11.6 Å². The van der Waals surface area contributed by atoms with Crippen LogP contribution in [0.25, 0.3) is 0 Å². The van der Waals surface area contributed by atoms with Crippen LogP contribution in [0.4, 0.5) is 0 Å². The summed E-state index contributed by atoms with van der Waals surface area (Å²) in [7, 11) is 0. The van der Waals surface area contributed by atoms with E-state index in [9.17, 15) is 9.59 Å². The van der Waals surface area contributed by atoms with Crippen LogP contribution in [0.15, 0.2) is 64.6 Å². The fraction of sp³-hybridized carbons (Fsp3) is 0.318. The molecule has 0 fully saturated rings. The van der Waals surface area contributed by atoms with Crippen LogP contribution in [0.1, 0.15) is 33.3 Å². The van der Waals surface area contributed by atoms with Crippen molar-refractivity contribution in [2.75, 3.05) is 6.61 Å². The van der Waals surface area contributed by atoms with Gasteiger partial charge in [-0.2, -0.15) is 5.10 Å². The molecule has 0 spiro atoms. The summed E-state index contributed by atoms with van der Waals surface area (Å²) in [6.45, 7) is 7.09. The number of carbonyl (C=O) groups excluding carboxylic acids is 2. The zero-order valence-electron chi connectivity index (χ0n) is 17.0. The summed E-state index contributed by atoms with van der Waals surface area (Å²) in [4.78, 5) is 24.8. The third-order valence-electron chi connectivity index (χ3n) is 3.47. The molecule has 1 amide bonds.